The Morgan fingerprint density at radius 3 is 2.33 bits per heavy atom. The molecule has 0 unspecified atom stereocenters. The standard InChI is InChI=1S/C34H43ClFN3O8S2/c1-23-20-39(24(2)22-40)34(41)31-19-28(37-48(42,43)29-15-10-27(36)11-16-29)12-17-32(31)47-25(3)7-5-6-18-46-33(23)21-38(4)49(44,45)30-13-8-26(35)9-14-30/h8-17,19,23-25,33,37,40H,5-7,18,20-22H2,1-4H3/t23-,24-,25-,33-/m0/s1. The highest BCUT2D eigenvalue weighted by atomic mass is 35.5. The highest BCUT2D eigenvalue weighted by Gasteiger charge is 2.32. The number of carbonyl (C=O) groups excluding carboxylic acids is 1. The number of fused-ring (bicyclic) bond motifs is 1. The molecule has 2 N–H and O–H groups in total. The Balaban J connectivity index is 1.67. The molecule has 268 valence electrons. The van der Waals surface area contributed by atoms with Crippen molar-refractivity contribution >= 4 is 43.2 Å². The van der Waals surface area contributed by atoms with Crippen molar-refractivity contribution in [2.75, 3.05) is 38.1 Å². The molecule has 0 saturated heterocycles. The number of aliphatic hydroxyl groups is 1. The van der Waals surface area contributed by atoms with E-state index in [0.717, 1.165) is 30.7 Å². The summed E-state index contributed by atoms with van der Waals surface area (Å²) in [7, 11) is -6.55. The summed E-state index contributed by atoms with van der Waals surface area (Å²) in [6.07, 6.45) is 1.09. The van der Waals surface area contributed by atoms with Crippen LogP contribution in [0, 0.1) is 11.7 Å². The first-order valence-electron chi connectivity index (χ1n) is 16.0. The number of benzene rings is 3. The molecule has 3 aromatic carbocycles. The molecule has 0 fully saturated rings. The largest absolute Gasteiger partial charge is 0.490 e. The molecule has 0 aromatic heterocycles. The van der Waals surface area contributed by atoms with Crippen molar-refractivity contribution in [3.8, 4) is 5.75 Å². The Morgan fingerprint density at radius 1 is 1.02 bits per heavy atom. The first-order valence-corrected chi connectivity index (χ1v) is 19.3. The number of rotatable bonds is 9. The lowest BCUT2D eigenvalue weighted by Crippen LogP contribution is -2.48. The highest BCUT2D eigenvalue weighted by Crippen LogP contribution is 2.30. The van der Waals surface area contributed by atoms with E-state index in [1.165, 1.54) is 58.7 Å². The van der Waals surface area contributed by atoms with Gasteiger partial charge in [0, 0.05) is 43.4 Å². The fourth-order valence-corrected chi connectivity index (χ4v) is 7.77. The molecule has 1 heterocycles. The zero-order valence-electron chi connectivity index (χ0n) is 27.9. The van der Waals surface area contributed by atoms with Gasteiger partial charge < -0.3 is 19.5 Å². The van der Waals surface area contributed by atoms with Gasteiger partial charge in [-0.1, -0.05) is 18.5 Å². The van der Waals surface area contributed by atoms with Gasteiger partial charge in [-0.25, -0.2) is 21.2 Å². The van der Waals surface area contributed by atoms with Crippen molar-refractivity contribution in [3.05, 3.63) is 83.1 Å². The lowest BCUT2D eigenvalue weighted by atomic mass is 10.0. The molecule has 49 heavy (non-hydrogen) atoms. The summed E-state index contributed by atoms with van der Waals surface area (Å²) in [4.78, 5) is 15.7. The predicted octanol–water partition coefficient (Wildman–Crippen LogP) is 5.40. The molecule has 4 atom stereocenters. The summed E-state index contributed by atoms with van der Waals surface area (Å²) in [5, 5.41) is 10.6. The van der Waals surface area contributed by atoms with Crippen molar-refractivity contribution in [3.63, 3.8) is 0 Å². The molecule has 0 saturated carbocycles. The second-order valence-electron chi connectivity index (χ2n) is 12.3. The number of hydrogen-bond acceptors (Lipinski definition) is 8. The van der Waals surface area contributed by atoms with Crippen LogP contribution < -0.4 is 9.46 Å². The van der Waals surface area contributed by atoms with Crippen molar-refractivity contribution < 1.29 is 40.6 Å². The first-order chi connectivity index (χ1) is 23.1. The van der Waals surface area contributed by atoms with Gasteiger partial charge in [0.1, 0.15) is 11.6 Å². The van der Waals surface area contributed by atoms with Crippen LogP contribution in [-0.2, 0) is 24.8 Å². The van der Waals surface area contributed by atoms with Gasteiger partial charge in [0.2, 0.25) is 10.0 Å². The summed E-state index contributed by atoms with van der Waals surface area (Å²) >= 11 is 5.97. The van der Waals surface area contributed by atoms with Crippen LogP contribution in [0.4, 0.5) is 10.1 Å². The summed E-state index contributed by atoms with van der Waals surface area (Å²) in [6, 6.07) is 13.9. The van der Waals surface area contributed by atoms with E-state index in [0.29, 0.717) is 24.5 Å². The second-order valence-corrected chi connectivity index (χ2v) is 16.5. The normalized spacial score (nSPS) is 20.6. The Bertz CT molecular complexity index is 1790. The summed E-state index contributed by atoms with van der Waals surface area (Å²) in [5.41, 5.74) is 0.143. The zero-order valence-corrected chi connectivity index (χ0v) is 30.3. The van der Waals surface area contributed by atoms with Crippen LogP contribution in [0.15, 0.2) is 76.5 Å². The molecule has 0 spiro atoms. The van der Waals surface area contributed by atoms with E-state index >= 15 is 0 Å². The van der Waals surface area contributed by atoms with E-state index in [9.17, 15) is 31.1 Å². The summed E-state index contributed by atoms with van der Waals surface area (Å²) < 4.78 is 82.6. The third kappa shape index (κ3) is 9.92. The highest BCUT2D eigenvalue weighted by molar-refractivity contribution is 7.92. The number of sulfonamides is 2. The van der Waals surface area contributed by atoms with Gasteiger partial charge in [0.05, 0.1) is 40.2 Å². The number of amides is 1. The minimum absolute atomic E-state index is 0.00687. The first kappa shape index (κ1) is 38.5. The number of hydrogen-bond donors (Lipinski definition) is 2. The Morgan fingerprint density at radius 2 is 1.67 bits per heavy atom. The topological polar surface area (TPSA) is 143 Å². The molecule has 0 bridgehead atoms. The van der Waals surface area contributed by atoms with Crippen molar-refractivity contribution in [1.82, 2.24) is 9.21 Å². The monoisotopic (exact) mass is 739 g/mol. The number of anilines is 1. The van der Waals surface area contributed by atoms with Gasteiger partial charge in [-0.05, 0) is 99.8 Å². The van der Waals surface area contributed by atoms with E-state index in [2.05, 4.69) is 4.72 Å². The zero-order chi connectivity index (χ0) is 35.9. The third-order valence-corrected chi connectivity index (χ3v) is 11.9. The van der Waals surface area contributed by atoms with Crippen LogP contribution >= 0.6 is 11.6 Å². The van der Waals surface area contributed by atoms with E-state index in [1.807, 2.05) is 13.8 Å². The molecule has 4 rings (SSSR count). The van der Waals surface area contributed by atoms with E-state index in [4.69, 9.17) is 21.1 Å². The van der Waals surface area contributed by atoms with Crippen LogP contribution in [0.25, 0.3) is 0 Å². The Labute approximate surface area is 293 Å². The van der Waals surface area contributed by atoms with Crippen LogP contribution in [0.3, 0.4) is 0 Å². The fraction of sp³-hybridized carbons (Fsp3) is 0.441. The van der Waals surface area contributed by atoms with E-state index in [1.54, 1.807) is 6.92 Å². The maximum Gasteiger partial charge on any atom is 0.261 e. The average molecular weight is 740 g/mol. The minimum atomic E-state index is -4.13. The average Bonchev–Trinajstić information content (AvgIpc) is 3.06. The second kappa shape index (κ2) is 16.6. The van der Waals surface area contributed by atoms with Crippen molar-refractivity contribution in [1.29, 1.82) is 0 Å². The lowest BCUT2D eigenvalue weighted by molar-refractivity contribution is -0.00833. The van der Waals surface area contributed by atoms with E-state index < -0.39 is 49.8 Å². The van der Waals surface area contributed by atoms with Crippen molar-refractivity contribution in [2.45, 2.75) is 68.1 Å². The molecule has 15 heteroatoms. The fourth-order valence-electron chi connectivity index (χ4n) is 5.41. The number of nitrogens with one attached hydrogen (secondary N) is 1. The predicted molar refractivity (Wildman–Crippen MR) is 185 cm³/mol. The van der Waals surface area contributed by atoms with Crippen LogP contribution in [0.2, 0.25) is 5.02 Å². The van der Waals surface area contributed by atoms with Crippen LogP contribution in [0.1, 0.15) is 50.4 Å². The SMILES string of the molecule is C[C@H]1CCCCO[C@@H](CN(C)S(=O)(=O)c2ccc(Cl)cc2)[C@@H](C)CN([C@@H](C)CO)C(=O)c2cc(NS(=O)(=O)c3ccc(F)cc3)ccc2O1. The maximum atomic E-state index is 14.3. The number of carbonyl (C=O) groups is 1. The molecule has 1 aliphatic heterocycles. The molecule has 1 amide bonds. The summed E-state index contributed by atoms with van der Waals surface area (Å²) in [5.74, 6) is -1.29. The smallest absolute Gasteiger partial charge is 0.261 e. The summed E-state index contributed by atoms with van der Waals surface area (Å²) in [6.45, 7) is 5.42. The number of likely N-dealkylation sites (N-methyl/N-ethyl adjacent to an activating group) is 1. The van der Waals surface area contributed by atoms with Gasteiger partial charge in [-0.3, -0.25) is 9.52 Å². The number of halogens is 2. The van der Waals surface area contributed by atoms with Gasteiger partial charge in [-0.2, -0.15) is 4.31 Å². The number of aliphatic hydroxyl groups excluding tert-OH is 1. The number of nitrogens with zero attached hydrogens (tertiary/aromatic N) is 2. The Hall–Kier alpha value is -3.27. The molecular weight excluding hydrogens is 697 g/mol. The van der Waals surface area contributed by atoms with Gasteiger partial charge in [0.25, 0.3) is 15.9 Å². The minimum Gasteiger partial charge on any atom is -0.490 e. The third-order valence-electron chi connectivity index (χ3n) is 8.39. The molecular formula is C34H43ClFN3O8S2. The van der Waals surface area contributed by atoms with Gasteiger partial charge in [0.15, 0.2) is 0 Å². The van der Waals surface area contributed by atoms with Crippen LogP contribution in [0.5, 0.6) is 5.75 Å². The van der Waals surface area contributed by atoms with Crippen LogP contribution in [-0.4, -0.2) is 88.7 Å². The lowest BCUT2D eigenvalue weighted by Gasteiger charge is -2.35. The maximum absolute atomic E-state index is 14.3. The quantitative estimate of drug-likeness (QED) is 0.297. The number of ether oxygens (including phenoxy) is 2. The van der Waals surface area contributed by atoms with Gasteiger partial charge >= 0.3 is 0 Å². The van der Waals surface area contributed by atoms with E-state index in [-0.39, 0.29) is 52.6 Å². The molecule has 11 nitrogen and oxygen atoms in total. The Kier molecular flexibility index (Phi) is 13.1. The molecule has 3 aromatic rings. The molecule has 1 aliphatic rings. The van der Waals surface area contributed by atoms with Crippen molar-refractivity contribution in [2.24, 2.45) is 5.92 Å². The molecule has 0 aliphatic carbocycles. The van der Waals surface area contributed by atoms with Gasteiger partial charge in [-0.15, -0.1) is 0 Å². The molecule has 0 radical (unpaired) electrons.